The lowest BCUT2D eigenvalue weighted by Gasteiger charge is -2.37. The highest BCUT2D eigenvalue weighted by atomic mass is 19.1. The zero-order valence-corrected chi connectivity index (χ0v) is 13.3. The second-order valence-electron chi connectivity index (χ2n) is 6.04. The molecule has 4 heteroatoms. The third-order valence-electron chi connectivity index (χ3n) is 4.10. The van der Waals surface area contributed by atoms with Gasteiger partial charge >= 0.3 is 0 Å². The number of carbonyl (C=O) groups is 1. The third kappa shape index (κ3) is 3.42. The first-order valence-corrected chi connectivity index (χ1v) is 7.80. The van der Waals surface area contributed by atoms with Gasteiger partial charge in [0.1, 0.15) is 11.9 Å². The Morgan fingerprint density at radius 3 is 2.52 bits per heavy atom. The highest BCUT2D eigenvalue weighted by Gasteiger charge is 2.30. The van der Waals surface area contributed by atoms with Gasteiger partial charge in [0.2, 0.25) is 0 Å². The molecule has 0 aliphatic carbocycles. The minimum Gasteiger partial charge on any atom is -0.367 e. The van der Waals surface area contributed by atoms with Crippen molar-refractivity contribution >= 4 is 5.91 Å². The van der Waals surface area contributed by atoms with Gasteiger partial charge in [-0.1, -0.05) is 42.0 Å². The number of hydrogen-bond acceptors (Lipinski definition) is 2. The first-order chi connectivity index (χ1) is 11.0. The number of carbonyl (C=O) groups excluding carboxylic acids is 1. The number of hydrogen-bond donors (Lipinski definition) is 0. The molecule has 2 aromatic rings. The quantitative estimate of drug-likeness (QED) is 0.845. The topological polar surface area (TPSA) is 29.5 Å². The molecule has 1 amide bonds. The lowest BCUT2D eigenvalue weighted by Crippen LogP contribution is -2.46. The number of morpholine rings is 1. The number of halogens is 1. The highest BCUT2D eigenvalue weighted by molar-refractivity contribution is 5.94. The zero-order valence-electron chi connectivity index (χ0n) is 13.3. The van der Waals surface area contributed by atoms with E-state index in [1.165, 1.54) is 17.7 Å². The predicted octanol–water partition coefficient (Wildman–Crippen LogP) is 3.74. The average Bonchev–Trinajstić information content (AvgIpc) is 2.55. The summed E-state index contributed by atoms with van der Waals surface area (Å²) < 4.78 is 19.8. The third-order valence-corrected chi connectivity index (χ3v) is 4.10. The van der Waals surface area contributed by atoms with Crippen LogP contribution in [0, 0.1) is 12.7 Å². The van der Waals surface area contributed by atoms with Crippen molar-refractivity contribution in [3.05, 3.63) is 71.0 Å². The van der Waals surface area contributed by atoms with E-state index in [2.05, 4.69) is 0 Å². The predicted molar refractivity (Wildman–Crippen MR) is 86.8 cm³/mol. The van der Waals surface area contributed by atoms with Crippen LogP contribution in [-0.4, -0.2) is 30.0 Å². The van der Waals surface area contributed by atoms with Crippen molar-refractivity contribution in [2.24, 2.45) is 0 Å². The molecule has 0 saturated carbocycles. The van der Waals surface area contributed by atoms with E-state index in [4.69, 9.17) is 4.74 Å². The van der Waals surface area contributed by atoms with Crippen molar-refractivity contribution < 1.29 is 13.9 Å². The molecule has 3 rings (SSSR count). The maximum absolute atomic E-state index is 13.9. The fourth-order valence-electron chi connectivity index (χ4n) is 2.89. The standard InChI is InChI=1S/C19H20FNO2/c1-13-7-9-15(10-8-13)18-12-21(11-14(2)23-18)19(22)16-5-3-4-6-17(16)20/h3-10,14,18H,11-12H2,1-2H3. The Hall–Kier alpha value is -2.20. The van der Waals surface area contributed by atoms with Crippen molar-refractivity contribution in [2.45, 2.75) is 26.1 Å². The number of benzene rings is 2. The number of nitrogens with zero attached hydrogens (tertiary/aromatic N) is 1. The monoisotopic (exact) mass is 313 g/mol. The maximum Gasteiger partial charge on any atom is 0.257 e. The molecule has 1 fully saturated rings. The molecular weight excluding hydrogens is 293 g/mol. The van der Waals surface area contributed by atoms with Crippen LogP contribution in [0.3, 0.4) is 0 Å². The van der Waals surface area contributed by atoms with E-state index in [-0.39, 0.29) is 23.7 Å². The number of amides is 1. The van der Waals surface area contributed by atoms with Crippen LogP contribution in [-0.2, 0) is 4.74 Å². The van der Waals surface area contributed by atoms with Crippen LogP contribution in [0.2, 0.25) is 0 Å². The zero-order chi connectivity index (χ0) is 16.4. The summed E-state index contributed by atoms with van der Waals surface area (Å²) in [5, 5.41) is 0. The van der Waals surface area contributed by atoms with E-state index in [0.717, 1.165) is 5.56 Å². The Labute approximate surface area is 135 Å². The molecule has 2 unspecified atom stereocenters. The molecule has 120 valence electrons. The lowest BCUT2D eigenvalue weighted by atomic mass is 10.0. The average molecular weight is 313 g/mol. The summed E-state index contributed by atoms with van der Waals surface area (Å²) in [6.07, 6.45) is -0.277. The van der Waals surface area contributed by atoms with Crippen LogP contribution in [0.1, 0.15) is 34.5 Å². The molecule has 0 N–H and O–H groups in total. The van der Waals surface area contributed by atoms with Gasteiger partial charge in [0, 0.05) is 6.54 Å². The van der Waals surface area contributed by atoms with Gasteiger partial charge in [-0.3, -0.25) is 4.79 Å². The summed E-state index contributed by atoms with van der Waals surface area (Å²) in [7, 11) is 0. The molecule has 2 atom stereocenters. The van der Waals surface area contributed by atoms with Crippen molar-refractivity contribution in [3.63, 3.8) is 0 Å². The van der Waals surface area contributed by atoms with E-state index < -0.39 is 5.82 Å². The molecule has 0 aromatic heterocycles. The Morgan fingerprint density at radius 1 is 1.13 bits per heavy atom. The van der Waals surface area contributed by atoms with Crippen LogP contribution >= 0.6 is 0 Å². The molecule has 1 aliphatic rings. The normalized spacial score (nSPS) is 21.3. The van der Waals surface area contributed by atoms with Gasteiger partial charge in [0.25, 0.3) is 5.91 Å². The second-order valence-corrected chi connectivity index (χ2v) is 6.04. The van der Waals surface area contributed by atoms with Crippen molar-refractivity contribution in [1.29, 1.82) is 0 Å². The summed E-state index contributed by atoms with van der Waals surface area (Å²) in [6.45, 7) is 4.86. The minimum absolute atomic E-state index is 0.0919. The van der Waals surface area contributed by atoms with Crippen molar-refractivity contribution in [3.8, 4) is 0 Å². The molecule has 1 heterocycles. The van der Waals surface area contributed by atoms with Crippen molar-refractivity contribution in [1.82, 2.24) is 4.90 Å². The van der Waals surface area contributed by atoms with Crippen LogP contribution in [0.4, 0.5) is 4.39 Å². The summed E-state index contributed by atoms with van der Waals surface area (Å²) in [6, 6.07) is 14.2. The van der Waals surface area contributed by atoms with Gasteiger partial charge in [-0.05, 0) is 31.5 Å². The first kappa shape index (κ1) is 15.7. The SMILES string of the molecule is Cc1ccc(C2CN(C(=O)c3ccccc3F)CC(C)O2)cc1. The van der Waals surface area contributed by atoms with E-state index in [1.807, 2.05) is 38.1 Å². The van der Waals surface area contributed by atoms with Crippen LogP contribution in [0.15, 0.2) is 48.5 Å². The first-order valence-electron chi connectivity index (χ1n) is 7.80. The Bertz CT molecular complexity index is 699. The largest absolute Gasteiger partial charge is 0.367 e. The molecule has 3 nitrogen and oxygen atoms in total. The molecule has 1 aliphatic heterocycles. The van der Waals surface area contributed by atoms with Crippen LogP contribution < -0.4 is 0 Å². The smallest absolute Gasteiger partial charge is 0.257 e. The van der Waals surface area contributed by atoms with Gasteiger partial charge in [0.05, 0.1) is 18.2 Å². The van der Waals surface area contributed by atoms with Gasteiger partial charge in [-0.15, -0.1) is 0 Å². The van der Waals surface area contributed by atoms with E-state index in [9.17, 15) is 9.18 Å². The Balaban J connectivity index is 1.82. The highest BCUT2D eigenvalue weighted by Crippen LogP contribution is 2.26. The van der Waals surface area contributed by atoms with Gasteiger partial charge in [0.15, 0.2) is 0 Å². The van der Waals surface area contributed by atoms with Crippen LogP contribution in [0.25, 0.3) is 0 Å². The van der Waals surface area contributed by atoms with Gasteiger partial charge in [-0.2, -0.15) is 0 Å². The van der Waals surface area contributed by atoms with E-state index in [0.29, 0.717) is 13.1 Å². The molecule has 0 radical (unpaired) electrons. The fourth-order valence-corrected chi connectivity index (χ4v) is 2.89. The van der Waals surface area contributed by atoms with Gasteiger partial charge < -0.3 is 9.64 Å². The van der Waals surface area contributed by atoms with E-state index in [1.54, 1.807) is 17.0 Å². The van der Waals surface area contributed by atoms with E-state index >= 15 is 0 Å². The van der Waals surface area contributed by atoms with Crippen molar-refractivity contribution in [2.75, 3.05) is 13.1 Å². The molecule has 1 saturated heterocycles. The summed E-state index contributed by atoms with van der Waals surface area (Å²) in [5.74, 6) is -0.765. The molecular formula is C19H20FNO2. The Morgan fingerprint density at radius 2 is 1.83 bits per heavy atom. The lowest BCUT2D eigenvalue weighted by molar-refractivity contribution is -0.0692. The van der Waals surface area contributed by atoms with Crippen LogP contribution in [0.5, 0.6) is 0 Å². The molecule has 0 bridgehead atoms. The number of rotatable bonds is 2. The minimum atomic E-state index is -0.483. The number of ether oxygens (including phenoxy) is 1. The summed E-state index contributed by atoms with van der Waals surface area (Å²) >= 11 is 0. The fraction of sp³-hybridized carbons (Fsp3) is 0.316. The molecule has 23 heavy (non-hydrogen) atoms. The maximum atomic E-state index is 13.9. The number of aryl methyl sites for hydroxylation is 1. The molecule has 0 spiro atoms. The summed E-state index contributed by atoms with van der Waals surface area (Å²) in [5.41, 5.74) is 2.33. The second kappa shape index (κ2) is 6.50. The summed E-state index contributed by atoms with van der Waals surface area (Å²) in [4.78, 5) is 14.3. The van der Waals surface area contributed by atoms with Gasteiger partial charge in [-0.25, -0.2) is 4.39 Å². The Kier molecular flexibility index (Phi) is 4.44. The molecule has 2 aromatic carbocycles.